The second-order valence-electron chi connectivity index (χ2n) is 5.20. The van der Waals surface area contributed by atoms with Gasteiger partial charge in [-0.25, -0.2) is 10.8 Å². The summed E-state index contributed by atoms with van der Waals surface area (Å²) in [6.45, 7) is 0. The number of nitrogens with one attached hydrogen (secondary N) is 1. The lowest BCUT2D eigenvalue weighted by molar-refractivity contribution is 0.0954. The Morgan fingerprint density at radius 3 is 2.74 bits per heavy atom. The summed E-state index contributed by atoms with van der Waals surface area (Å²) in [7, 11) is 0. The predicted molar refractivity (Wildman–Crippen MR) is 88.6 cm³/mol. The van der Waals surface area contributed by atoms with Crippen LogP contribution < -0.4 is 11.3 Å². The molecule has 0 bridgehead atoms. The molecule has 0 saturated carbocycles. The van der Waals surface area contributed by atoms with Crippen LogP contribution in [0.4, 0.5) is 0 Å². The lowest BCUT2D eigenvalue weighted by atomic mass is 10.0. The average Bonchev–Trinajstić information content (AvgIpc) is 3.03. The minimum Gasteiger partial charge on any atom is -0.436 e. The first kappa shape index (κ1) is 13.5. The Morgan fingerprint density at radius 2 is 1.87 bits per heavy atom. The summed E-state index contributed by atoms with van der Waals surface area (Å²) in [5, 5.41) is 2.19. The number of amides is 1. The quantitative estimate of drug-likeness (QED) is 0.338. The number of carbonyl (C=O) groups is 1. The van der Waals surface area contributed by atoms with Gasteiger partial charge in [0.2, 0.25) is 5.89 Å². The van der Waals surface area contributed by atoms with Crippen LogP contribution in [0.25, 0.3) is 33.3 Å². The fourth-order valence-electron chi connectivity index (χ4n) is 2.68. The minimum atomic E-state index is -0.360. The fourth-order valence-corrected chi connectivity index (χ4v) is 2.68. The van der Waals surface area contributed by atoms with Crippen molar-refractivity contribution in [2.75, 3.05) is 0 Å². The lowest BCUT2D eigenvalue weighted by Crippen LogP contribution is -2.29. The maximum atomic E-state index is 11.6. The third kappa shape index (κ3) is 2.23. The van der Waals surface area contributed by atoms with Crippen LogP contribution in [0.15, 0.2) is 65.1 Å². The van der Waals surface area contributed by atoms with Crippen molar-refractivity contribution in [3.05, 3.63) is 66.2 Å². The Balaban J connectivity index is 1.90. The van der Waals surface area contributed by atoms with Crippen molar-refractivity contribution >= 4 is 27.8 Å². The minimum absolute atomic E-state index is 0.360. The van der Waals surface area contributed by atoms with Gasteiger partial charge in [-0.2, -0.15) is 0 Å². The zero-order valence-electron chi connectivity index (χ0n) is 12.1. The molecule has 23 heavy (non-hydrogen) atoms. The highest BCUT2D eigenvalue weighted by Gasteiger charge is 2.13. The van der Waals surface area contributed by atoms with Gasteiger partial charge >= 0.3 is 0 Å². The number of nitrogens with zero attached hydrogens (tertiary/aromatic N) is 1. The van der Waals surface area contributed by atoms with Gasteiger partial charge in [-0.05, 0) is 35.0 Å². The zero-order chi connectivity index (χ0) is 15.8. The van der Waals surface area contributed by atoms with E-state index in [1.807, 2.05) is 42.5 Å². The average molecular weight is 303 g/mol. The molecule has 0 unspecified atom stereocenters. The standard InChI is InChI=1S/C18H13N3O2/c19-21-17(22)12-8-9-16-15(10-12)20-18(23-16)14-7-3-5-11-4-1-2-6-13(11)14/h1-10H,19H2,(H,21,22). The first-order valence-electron chi connectivity index (χ1n) is 7.16. The van der Waals surface area contributed by atoms with Gasteiger partial charge in [0, 0.05) is 11.1 Å². The van der Waals surface area contributed by atoms with Crippen LogP contribution in [0.5, 0.6) is 0 Å². The van der Waals surface area contributed by atoms with Crippen molar-refractivity contribution in [3.8, 4) is 11.5 Å². The van der Waals surface area contributed by atoms with E-state index in [0.717, 1.165) is 16.3 Å². The number of nitrogens with two attached hydrogens (primary N) is 1. The fraction of sp³-hybridized carbons (Fsp3) is 0. The van der Waals surface area contributed by atoms with Gasteiger partial charge in [-0.15, -0.1) is 0 Å². The summed E-state index contributed by atoms with van der Waals surface area (Å²) < 4.78 is 5.86. The summed E-state index contributed by atoms with van der Waals surface area (Å²) >= 11 is 0. The molecule has 1 heterocycles. The molecule has 1 amide bonds. The number of benzene rings is 3. The molecule has 0 aliphatic heterocycles. The van der Waals surface area contributed by atoms with E-state index in [1.165, 1.54) is 0 Å². The number of hydrogen-bond donors (Lipinski definition) is 2. The van der Waals surface area contributed by atoms with Crippen molar-refractivity contribution < 1.29 is 9.21 Å². The van der Waals surface area contributed by atoms with Crippen LogP contribution in [0, 0.1) is 0 Å². The Kier molecular flexibility index (Phi) is 3.06. The Bertz CT molecular complexity index is 1030. The maximum absolute atomic E-state index is 11.6. The normalized spacial score (nSPS) is 11.0. The molecule has 112 valence electrons. The van der Waals surface area contributed by atoms with Gasteiger partial charge in [-0.3, -0.25) is 10.2 Å². The topological polar surface area (TPSA) is 81.1 Å². The first-order chi connectivity index (χ1) is 11.3. The van der Waals surface area contributed by atoms with Crippen LogP contribution in [-0.2, 0) is 0 Å². The molecule has 0 fully saturated rings. The van der Waals surface area contributed by atoms with Crippen molar-refractivity contribution in [3.63, 3.8) is 0 Å². The molecule has 0 radical (unpaired) electrons. The lowest BCUT2D eigenvalue weighted by Gasteiger charge is -2.01. The van der Waals surface area contributed by atoms with Crippen LogP contribution in [0.1, 0.15) is 10.4 Å². The maximum Gasteiger partial charge on any atom is 0.265 e. The summed E-state index contributed by atoms with van der Waals surface area (Å²) in [6, 6.07) is 19.1. The SMILES string of the molecule is NNC(=O)c1ccc2oc(-c3cccc4ccccc34)nc2c1. The summed E-state index contributed by atoms with van der Waals surface area (Å²) in [5.74, 6) is 5.33. The second kappa shape index (κ2) is 5.23. The van der Waals surface area contributed by atoms with Gasteiger partial charge < -0.3 is 4.42 Å². The molecule has 4 rings (SSSR count). The van der Waals surface area contributed by atoms with E-state index in [4.69, 9.17) is 10.3 Å². The van der Waals surface area contributed by atoms with Crippen LogP contribution in [0.3, 0.4) is 0 Å². The largest absolute Gasteiger partial charge is 0.436 e. The van der Waals surface area contributed by atoms with E-state index >= 15 is 0 Å². The molecule has 4 aromatic rings. The number of carbonyl (C=O) groups excluding carboxylic acids is 1. The second-order valence-corrected chi connectivity index (χ2v) is 5.20. The first-order valence-corrected chi connectivity index (χ1v) is 7.16. The van der Waals surface area contributed by atoms with E-state index in [0.29, 0.717) is 22.6 Å². The number of hydrogen-bond acceptors (Lipinski definition) is 4. The number of oxazole rings is 1. The molecule has 3 N–H and O–H groups in total. The van der Waals surface area contributed by atoms with Gasteiger partial charge in [-0.1, -0.05) is 36.4 Å². The number of fused-ring (bicyclic) bond motifs is 2. The third-order valence-corrected chi connectivity index (χ3v) is 3.80. The van der Waals surface area contributed by atoms with Crippen LogP contribution in [-0.4, -0.2) is 10.9 Å². The van der Waals surface area contributed by atoms with E-state index in [1.54, 1.807) is 18.2 Å². The molecule has 0 spiro atoms. The van der Waals surface area contributed by atoms with E-state index in [9.17, 15) is 4.79 Å². The summed E-state index contributed by atoms with van der Waals surface area (Å²) in [5.41, 5.74) is 4.72. The third-order valence-electron chi connectivity index (χ3n) is 3.80. The monoisotopic (exact) mass is 303 g/mol. The zero-order valence-corrected chi connectivity index (χ0v) is 12.1. The highest BCUT2D eigenvalue weighted by atomic mass is 16.3. The molecule has 5 nitrogen and oxygen atoms in total. The summed E-state index contributed by atoms with van der Waals surface area (Å²) in [6.07, 6.45) is 0. The molecule has 0 aliphatic carbocycles. The molecular formula is C18H13N3O2. The van der Waals surface area contributed by atoms with Crippen molar-refractivity contribution in [1.29, 1.82) is 0 Å². The predicted octanol–water partition coefficient (Wildman–Crippen LogP) is 3.25. The van der Waals surface area contributed by atoms with E-state index < -0.39 is 0 Å². The molecule has 5 heteroatoms. The molecular weight excluding hydrogens is 290 g/mol. The number of nitrogen functional groups attached to an aromatic ring is 1. The molecule has 0 saturated heterocycles. The van der Waals surface area contributed by atoms with Crippen molar-refractivity contribution in [2.24, 2.45) is 5.84 Å². The van der Waals surface area contributed by atoms with Gasteiger partial charge in [0.25, 0.3) is 5.91 Å². The molecule has 0 atom stereocenters. The highest BCUT2D eigenvalue weighted by Crippen LogP contribution is 2.30. The van der Waals surface area contributed by atoms with Gasteiger partial charge in [0.15, 0.2) is 5.58 Å². The van der Waals surface area contributed by atoms with Gasteiger partial charge in [0.1, 0.15) is 5.52 Å². The highest BCUT2D eigenvalue weighted by molar-refractivity contribution is 5.98. The Hall–Kier alpha value is -3.18. The van der Waals surface area contributed by atoms with Crippen molar-refractivity contribution in [1.82, 2.24) is 10.4 Å². The van der Waals surface area contributed by atoms with E-state index in [-0.39, 0.29) is 5.91 Å². The molecule has 1 aromatic heterocycles. The molecule has 0 aliphatic rings. The summed E-state index contributed by atoms with van der Waals surface area (Å²) in [4.78, 5) is 16.1. The Labute approximate surface area is 131 Å². The van der Waals surface area contributed by atoms with Gasteiger partial charge in [0.05, 0.1) is 0 Å². The molecule has 3 aromatic carbocycles. The smallest absolute Gasteiger partial charge is 0.265 e. The van der Waals surface area contributed by atoms with Crippen LogP contribution in [0.2, 0.25) is 0 Å². The van der Waals surface area contributed by atoms with Crippen molar-refractivity contribution in [2.45, 2.75) is 0 Å². The number of aromatic nitrogens is 1. The number of rotatable bonds is 2. The van der Waals surface area contributed by atoms with E-state index in [2.05, 4.69) is 10.4 Å². The Morgan fingerprint density at radius 1 is 1.04 bits per heavy atom. The number of hydrazine groups is 1. The van der Waals surface area contributed by atoms with Crippen LogP contribution >= 0.6 is 0 Å².